The first-order valence-electron chi connectivity index (χ1n) is 6.89. The van der Waals surface area contributed by atoms with Crippen LogP contribution >= 0.6 is 22.6 Å². The lowest BCUT2D eigenvalue weighted by Crippen LogP contribution is -2.09. The molecule has 2 aromatic rings. The molecule has 0 heterocycles. The average Bonchev–Trinajstić information content (AvgIpc) is 2.55. The van der Waals surface area contributed by atoms with E-state index in [1.165, 1.54) is 7.11 Å². The zero-order chi connectivity index (χ0) is 15.9. The highest BCUT2D eigenvalue weighted by atomic mass is 127. The fourth-order valence-corrected chi connectivity index (χ4v) is 2.81. The number of benzene rings is 2. The van der Waals surface area contributed by atoms with Crippen molar-refractivity contribution < 1.29 is 14.6 Å². The van der Waals surface area contributed by atoms with E-state index in [4.69, 9.17) is 4.74 Å². The van der Waals surface area contributed by atoms with E-state index in [-0.39, 0.29) is 12.6 Å². The third-order valence-corrected chi connectivity index (χ3v) is 3.73. The van der Waals surface area contributed by atoms with E-state index in [0.29, 0.717) is 12.0 Å². The molecular formula is C18H17IO3. The van der Waals surface area contributed by atoms with Gasteiger partial charge in [-0.3, -0.25) is 0 Å². The zero-order valence-corrected chi connectivity index (χ0v) is 14.4. The second kappa shape index (κ2) is 8.10. The minimum Gasteiger partial charge on any atom is -0.465 e. The Morgan fingerprint density at radius 3 is 2.73 bits per heavy atom. The Balaban J connectivity index is 2.61. The SMILES string of the molecule is COC(=O)c1c(CCO)cccc1-c1cccc(C=CI)c1. The molecule has 0 saturated heterocycles. The van der Waals surface area contributed by atoms with Gasteiger partial charge in [0.25, 0.3) is 0 Å². The predicted molar refractivity (Wildman–Crippen MR) is 97.1 cm³/mol. The van der Waals surface area contributed by atoms with E-state index in [0.717, 1.165) is 22.3 Å². The van der Waals surface area contributed by atoms with Crippen LogP contribution in [0.3, 0.4) is 0 Å². The number of ether oxygens (including phenoxy) is 1. The molecule has 0 saturated carbocycles. The first-order chi connectivity index (χ1) is 10.7. The maximum atomic E-state index is 12.2. The van der Waals surface area contributed by atoms with Gasteiger partial charge in [0.1, 0.15) is 0 Å². The van der Waals surface area contributed by atoms with Crippen LogP contribution in [0.2, 0.25) is 0 Å². The van der Waals surface area contributed by atoms with Gasteiger partial charge in [0.15, 0.2) is 0 Å². The molecule has 0 aliphatic rings. The van der Waals surface area contributed by atoms with Crippen molar-refractivity contribution in [2.75, 3.05) is 13.7 Å². The molecule has 0 fully saturated rings. The fraction of sp³-hybridized carbons (Fsp3) is 0.167. The second-order valence-corrected chi connectivity index (χ2v) is 5.44. The maximum Gasteiger partial charge on any atom is 0.338 e. The second-order valence-electron chi connectivity index (χ2n) is 4.72. The molecule has 0 spiro atoms. The molecule has 0 amide bonds. The van der Waals surface area contributed by atoms with Crippen LogP contribution in [0.5, 0.6) is 0 Å². The largest absolute Gasteiger partial charge is 0.465 e. The molecule has 3 nitrogen and oxygen atoms in total. The van der Waals surface area contributed by atoms with Crippen LogP contribution in [0.15, 0.2) is 46.5 Å². The summed E-state index contributed by atoms with van der Waals surface area (Å²) in [5, 5.41) is 9.21. The molecule has 1 N–H and O–H groups in total. The molecule has 0 atom stereocenters. The molecule has 2 rings (SSSR count). The number of carbonyl (C=O) groups excluding carboxylic acids is 1. The smallest absolute Gasteiger partial charge is 0.338 e. The molecule has 22 heavy (non-hydrogen) atoms. The summed E-state index contributed by atoms with van der Waals surface area (Å²) >= 11 is 2.17. The van der Waals surface area contributed by atoms with Crippen molar-refractivity contribution in [2.45, 2.75) is 6.42 Å². The van der Waals surface area contributed by atoms with Gasteiger partial charge in [-0.25, -0.2) is 4.79 Å². The van der Waals surface area contributed by atoms with Gasteiger partial charge in [-0.1, -0.05) is 59.0 Å². The average molecular weight is 408 g/mol. The van der Waals surface area contributed by atoms with Crippen LogP contribution in [0.1, 0.15) is 21.5 Å². The quantitative estimate of drug-likeness (QED) is 0.599. The van der Waals surface area contributed by atoms with Gasteiger partial charge < -0.3 is 9.84 Å². The molecule has 4 heteroatoms. The number of aliphatic hydroxyl groups excluding tert-OH is 1. The molecule has 0 radical (unpaired) electrons. The number of esters is 1. The minimum atomic E-state index is -0.381. The summed E-state index contributed by atoms with van der Waals surface area (Å²) in [5.41, 5.74) is 4.15. The van der Waals surface area contributed by atoms with E-state index in [1.54, 1.807) is 0 Å². The lowest BCUT2D eigenvalue weighted by Gasteiger charge is -2.13. The van der Waals surface area contributed by atoms with Crippen molar-refractivity contribution in [3.05, 3.63) is 63.2 Å². The Labute approximate surface area is 143 Å². The summed E-state index contributed by atoms with van der Waals surface area (Å²) in [6, 6.07) is 13.6. The molecule has 0 bridgehead atoms. The first kappa shape index (κ1) is 16.7. The van der Waals surface area contributed by atoms with Crippen LogP contribution in [-0.2, 0) is 11.2 Å². The summed E-state index contributed by atoms with van der Waals surface area (Å²) in [7, 11) is 1.37. The van der Waals surface area contributed by atoms with E-state index in [9.17, 15) is 9.90 Å². The zero-order valence-electron chi connectivity index (χ0n) is 12.3. The lowest BCUT2D eigenvalue weighted by atomic mass is 9.93. The van der Waals surface area contributed by atoms with Crippen LogP contribution in [-0.4, -0.2) is 24.8 Å². The fourth-order valence-electron chi connectivity index (χ4n) is 2.40. The summed E-state index contributed by atoms with van der Waals surface area (Å²) in [6.45, 7) is -0.00887. The van der Waals surface area contributed by atoms with Crippen molar-refractivity contribution in [1.29, 1.82) is 0 Å². The number of rotatable bonds is 5. The van der Waals surface area contributed by atoms with Gasteiger partial charge >= 0.3 is 5.97 Å². The third kappa shape index (κ3) is 3.75. The van der Waals surface area contributed by atoms with Crippen LogP contribution < -0.4 is 0 Å². The van der Waals surface area contributed by atoms with Gasteiger partial charge in [0.05, 0.1) is 12.7 Å². The van der Waals surface area contributed by atoms with Gasteiger partial charge in [0, 0.05) is 6.61 Å². The van der Waals surface area contributed by atoms with Crippen molar-refractivity contribution in [3.8, 4) is 11.1 Å². The highest BCUT2D eigenvalue weighted by Crippen LogP contribution is 2.28. The van der Waals surface area contributed by atoms with Crippen molar-refractivity contribution in [2.24, 2.45) is 0 Å². The minimum absolute atomic E-state index is 0.00887. The Morgan fingerprint density at radius 1 is 1.27 bits per heavy atom. The van der Waals surface area contributed by atoms with Gasteiger partial charge in [0.2, 0.25) is 0 Å². The van der Waals surface area contributed by atoms with Crippen LogP contribution in [0.25, 0.3) is 17.2 Å². The maximum absolute atomic E-state index is 12.2. The van der Waals surface area contributed by atoms with E-state index in [1.807, 2.05) is 52.6 Å². The summed E-state index contributed by atoms with van der Waals surface area (Å²) in [5.74, 6) is -0.381. The monoisotopic (exact) mass is 408 g/mol. The molecule has 114 valence electrons. The number of methoxy groups -OCH3 is 1. The van der Waals surface area contributed by atoms with Gasteiger partial charge in [-0.15, -0.1) is 0 Å². The molecule has 0 aliphatic heterocycles. The molecule has 0 aromatic heterocycles. The molecule has 0 aliphatic carbocycles. The van der Waals surface area contributed by atoms with Gasteiger partial charge in [-0.2, -0.15) is 0 Å². The third-order valence-electron chi connectivity index (χ3n) is 3.37. The van der Waals surface area contributed by atoms with Crippen molar-refractivity contribution in [1.82, 2.24) is 0 Å². The normalized spacial score (nSPS) is 10.9. The Hall–Kier alpha value is -1.66. The summed E-state index contributed by atoms with van der Waals surface area (Å²) in [6.07, 6.45) is 2.42. The van der Waals surface area contributed by atoms with Crippen molar-refractivity contribution in [3.63, 3.8) is 0 Å². The topological polar surface area (TPSA) is 46.5 Å². The predicted octanol–water partition coefficient (Wildman–Crippen LogP) is 4.08. The van der Waals surface area contributed by atoms with Crippen molar-refractivity contribution >= 4 is 34.6 Å². The Morgan fingerprint density at radius 2 is 2.05 bits per heavy atom. The Kier molecular flexibility index (Phi) is 6.15. The number of aliphatic hydroxyl groups is 1. The van der Waals surface area contributed by atoms with E-state index >= 15 is 0 Å². The first-order valence-corrected chi connectivity index (χ1v) is 8.14. The van der Waals surface area contributed by atoms with Crippen LogP contribution in [0, 0.1) is 0 Å². The lowest BCUT2D eigenvalue weighted by molar-refractivity contribution is 0.0600. The molecule has 0 unspecified atom stereocenters. The molecular weight excluding hydrogens is 391 g/mol. The highest BCUT2D eigenvalue weighted by molar-refractivity contribution is 14.1. The standard InChI is InChI=1S/C18H17IO3/c1-22-18(21)17-14(9-11-20)5-3-7-16(17)15-6-2-4-13(12-15)8-10-19/h2-8,10,12,20H,9,11H2,1H3. The number of hydrogen-bond donors (Lipinski definition) is 1. The summed E-state index contributed by atoms with van der Waals surface area (Å²) < 4.78 is 6.87. The number of halogens is 1. The van der Waals surface area contributed by atoms with E-state index in [2.05, 4.69) is 22.6 Å². The Bertz CT molecular complexity index is 692. The van der Waals surface area contributed by atoms with Crippen LogP contribution in [0.4, 0.5) is 0 Å². The summed E-state index contributed by atoms with van der Waals surface area (Å²) in [4.78, 5) is 12.2. The number of hydrogen-bond acceptors (Lipinski definition) is 3. The molecule has 2 aromatic carbocycles. The van der Waals surface area contributed by atoms with E-state index < -0.39 is 0 Å². The highest BCUT2D eigenvalue weighted by Gasteiger charge is 2.17. The number of carbonyl (C=O) groups is 1. The van der Waals surface area contributed by atoms with Gasteiger partial charge in [-0.05, 0) is 44.9 Å².